The molecule has 2 aromatic rings. The van der Waals surface area contributed by atoms with Crippen LogP contribution in [0.15, 0.2) is 37.1 Å². The molecule has 0 aliphatic heterocycles. The van der Waals surface area contributed by atoms with Gasteiger partial charge in [0.1, 0.15) is 12.1 Å². The third-order valence-electron chi connectivity index (χ3n) is 3.76. The number of carbonyl (C=O) groups is 1. The van der Waals surface area contributed by atoms with Crippen LogP contribution in [0.1, 0.15) is 30.6 Å². The van der Waals surface area contributed by atoms with Gasteiger partial charge in [0.25, 0.3) is 5.91 Å². The van der Waals surface area contributed by atoms with E-state index in [-0.39, 0.29) is 11.9 Å². The fourth-order valence-electron chi connectivity index (χ4n) is 2.06. The van der Waals surface area contributed by atoms with Crippen molar-refractivity contribution >= 4 is 5.91 Å². The van der Waals surface area contributed by atoms with Crippen molar-refractivity contribution in [1.82, 2.24) is 19.4 Å². The molecule has 6 heteroatoms. The van der Waals surface area contributed by atoms with Crippen molar-refractivity contribution in [3.05, 3.63) is 42.6 Å². The van der Waals surface area contributed by atoms with E-state index in [2.05, 4.69) is 23.8 Å². The first-order valence-corrected chi connectivity index (χ1v) is 7.44. The number of nitrogens with zero attached hydrogens (tertiary/aromatic N) is 4. The summed E-state index contributed by atoms with van der Waals surface area (Å²) in [4.78, 5) is 22.3. The summed E-state index contributed by atoms with van der Waals surface area (Å²) >= 11 is 0. The molecule has 2 N–H and O–H groups in total. The van der Waals surface area contributed by atoms with Gasteiger partial charge in [-0.3, -0.25) is 9.36 Å². The highest BCUT2D eigenvalue weighted by Gasteiger charge is 2.15. The summed E-state index contributed by atoms with van der Waals surface area (Å²) in [7, 11) is 1.79. The number of imidazole rings is 1. The Morgan fingerprint density at radius 2 is 2.18 bits per heavy atom. The number of nitrogens with two attached hydrogens (primary N) is 1. The fourth-order valence-corrected chi connectivity index (χ4v) is 2.06. The van der Waals surface area contributed by atoms with Crippen LogP contribution in [0.2, 0.25) is 0 Å². The maximum Gasteiger partial charge on any atom is 0.255 e. The molecule has 6 nitrogen and oxygen atoms in total. The maximum absolute atomic E-state index is 12.4. The molecule has 22 heavy (non-hydrogen) atoms. The van der Waals surface area contributed by atoms with E-state index in [1.165, 1.54) is 0 Å². The van der Waals surface area contributed by atoms with Crippen molar-refractivity contribution < 1.29 is 4.79 Å². The van der Waals surface area contributed by atoms with Crippen molar-refractivity contribution in [3.8, 4) is 5.82 Å². The van der Waals surface area contributed by atoms with Gasteiger partial charge in [-0.2, -0.15) is 0 Å². The topological polar surface area (TPSA) is 77.0 Å². The minimum absolute atomic E-state index is 0.0411. The van der Waals surface area contributed by atoms with Crippen LogP contribution in [0.4, 0.5) is 0 Å². The molecule has 0 radical (unpaired) electrons. The van der Waals surface area contributed by atoms with Gasteiger partial charge in [0, 0.05) is 38.2 Å². The van der Waals surface area contributed by atoms with Gasteiger partial charge in [-0.15, -0.1) is 0 Å². The van der Waals surface area contributed by atoms with Crippen LogP contribution >= 0.6 is 0 Å². The van der Waals surface area contributed by atoms with Crippen molar-refractivity contribution in [2.24, 2.45) is 11.7 Å². The lowest BCUT2D eigenvalue weighted by Gasteiger charge is -2.21. The van der Waals surface area contributed by atoms with Crippen LogP contribution < -0.4 is 5.73 Å². The van der Waals surface area contributed by atoms with E-state index in [0.717, 1.165) is 12.2 Å². The summed E-state index contributed by atoms with van der Waals surface area (Å²) in [5.41, 5.74) is 6.59. The average Bonchev–Trinajstić information content (AvgIpc) is 3.06. The van der Waals surface area contributed by atoms with E-state index in [1.54, 1.807) is 41.3 Å². The van der Waals surface area contributed by atoms with E-state index >= 15 is 0 Å². The summed E-state index contributed by atoms with van der Waals surface area (Å²) in [6, 6.07) is 3.70. The van der Waals surface area contributed by atoms with Gasteiger partial charge >= 0.3 is 0 Å². The maximum atomic E-state index is 12.4. The van der Waals surface area contributed by atoms with Crippen molar-refractivity contribution in [2.45, 2.75) is 26.3 Å². The lowest BCUT2D eigenvalue weighted by molar-refractivity contribution is 0.0789. The highest BCUT2D eigenvalue weighted by Crippen LogP contribution is 2.09. The molecule has 118 valence electrons. The van der Waals surface area contributed by atoms with E-state index < -0.39 is 0 Å². The monoisotopic (exact) mass is 301 g/mol. The molecule has 0 fully saturated rings. The number of hydrogen-bond donors (Lipinski definition) is 1. The summed E-state index contributed by atoms with van der Waals surface area (Å²) in [6.07, 6.45) is 7.55. The lowest BCUT2D eigenvalue weighted by Crippen LogP contribution is -2.34. The Morgan fingerprint density at radius 1 is 1.41 bits per heavy atom. The smallest absolute Gasteiger partial charge is 0.255 e. The van der Waals surface area contributed by atoms with Gasteiger partial charge in [-0.1, -0.05) is 13.8 Å². The Kier molecular flexibility index (Phi) is 5.27. The van der Waals surface area contributed by atoms with Crippen LogP contribution in [0.3, 0.4) is 0 Å². The fraction of sp³-hybridized carbons (Fsp3) is 0.438. The third-order valence-corrected chi connectivity index (χ3v) is 3.76. The van der Waals surface area contributed by atoms with Crippen molar-refractivity contribution in [1.29, 1.82) is 0 Å². The van der Waals surface area contributed by atoms with Gasteiger partial charge in [-0.25, -0.2) is 9.97 Å². The number of carbonyl (C=O) groups excluding carboxylic acids is 1. The number of amides is 1. The molecule has 0 saturated carbocycles. The minimum atomic E-state index is -0.0411. The largest absolute Gasteiger partial charge is 0.342 e. The molecule has 1 unspecified atom stereocenters. The molecular formula is C16H23N5O. The summed E-state index contributed by atoms with van der Waals surface area (Å²) in [5.74, 6) is 1.11. The Balaban J connectivity index is 1.97. The zero-order valence-electron chi connectivity index (χ0n) is 13.3. The molecule has 0 aliphatic rings. The number of pyridine rings is 1. The highest BCUT2D eigenvalue weighted by molar-refractivity contribution is 5.93. The Bertz CT molecular complexity index is 592. The average molecular weight is 301 g/mol. The number of aromatic nitrogens is 3. The van der Waals surface area contributed by atoms with Crippen LogP contribution in [-0.4, -0.2) is 45.0 Å². The van der Waals surface area contributed by atoms with Crippen LogP contribution in [0.5, 0.6) is 0 Å². The van der Waals surface area contributed by atoms with Gasteiger partial charge in [0.15, 0.2) is 0 Å². The van der Waals surface area contributed by atoms with E-state index in [0.29, 0.717) is 18.0 Å². The van der Waals surface area contributed by atoms with Gasteiger partial charge in [0.2, 0.25) is 0 Å². The SMILES string of the molecule is CC(C)C(N)CCN(C)C(=O)c1ccc(-n2ccnc2)nc1. The summed E-state index contributed by atoms with van der Waals surface area (Å²) < 4.78 is 1.79. The Labute approximate surface area is 131 Å². The van der Waals surface area contributed by atoms with Crippen LogP contribution in [0.25, 0.3) is 5.82 Å². The predicted molar refractivity (Wildman–Crippen MR) is 85.7 cm³/mol. The molecule has 1 atom stereocenters. The molecule has 1 amide bonds. The first kappa shape index (κ1) is 16.2. The number of rotatable bonds is 6. The predicted octanol–water partition coefficient (Wildman–Crippen LogP) is 1.71. The first-order chi connectivity index (χ1) is 10.5. The minimum Gasteiger partial charge on any atom is -0.342 e. The molecule has 0 aromatic carbocycles. The lowest BCUT2D eigenvalue weighted by atomic mass is 10.0. The Hall–Kier alpha value is -2.21. The van der Waals surface area contributed by atoms with Crippen LogP contribution in [-0.2, 0) is 0 Å². The van der Waals surface area contributed by atoms with Crippen molar-refractivity contribution in [3.63, 3.8) is 0 Å². The number of hydrogen-bond acceptors (Lipinski definition) is 4. The second-order valence-electron chi connectivity index (χ2n) is 5.80. The van der Waals surface area contributed by atoms with Gasteiger partial charge in [0.05, 0.1) is 5.56 Å². The van der Waals surface area contributed by atoms with Gasteiger partial charge in [-0.05, 0) is 24.5 Å². The molecule has 0 bridgehead atoms. The first-order valence-electron chi connectivity index (χ1n) is 7.44. The standard InChI is InChI=1S/C16H23N5O/c1-12(2)14(17)6-8-20(3)16(22)13-4-5-15(19-10-13)21-9-7-18-11-21/h4-5,7,9-12,14H,6,8,17H2,1-3H3. The normalized spacial score (nSPS) is 12.4. The highest BCUT2D eigenvalue weighted by atomic mass is 16.2. The van der Waals surface area contributed by atoms with Crippen molar-refractivity contribution in [2.75, 3.05) is 13.6 Å². The zero-order chi connectivity index (χ0) is 16.1. The summed E-state index contributed by atoms with van der Waals surface area (Å²) in [6.45, 7) is 4.82. The van der Waals surface area contributed by atoms with Gasteiger partial charge < -0.3 is 10.6 Å². The molecule has 0 spiro atoms. The van der Waals surface area contributed by atoms with Crippen LogP contribution in [0, 0.1) is 5.92 Å². The quantitative estimate of drug-likeness (QED) is 0.881. The molecule has 2 rings (SSSR count). The van der Waals surface area contributed by atoms with E-state index in [4.69, 9.17) is 5.73 Å². The molecule has 0 saturated heterocycles. The Morgan fingerprint density at radius 3 is 2.73 bits per heavy atom. The second-order valence-corrected chi connectivity index (χ2v) is 5.80. The molecule has 0 aliphatic carbocycles. The van der Waals surface area contributed by atoms with E-state index in [9.17, 15) is 4.79 Å². The van der Waals surface area contributed by atoms with E-state index in [1.807, 2.05) is 12.3 Å². The summed E-state index contributed by atoms with van der Waals surface area (Å²) in [5, 5.41) is 0. The molecule has 2 aromatic heterocycles. The third kappa shape index (κ3) is 3.92. The zero-order valence-corrected chi connectivity index (χ0v) is 13.3. The second kappa shape index (κ2) is 7.17. The molecular weight excluding hydrogens is 278 g/mol. The molecule has 2 heterocycles.